The van der Waals surface area contributed by atoms with E-state index in [1.54, 1.807) is 18.2 Å². The highest BCUT2D eigenvalue weighted by atomic mass is 19.1. The minimum Gasteiger partial charge on any atom is -0.383 e. The number of hydrogen-bond donors (Lipinski definition) is 3. The molecule has 0 saturated heterocycles. The normalized spacial score (nSPS) is 19.6. The number of aryl methyl sites for hydroxylation is 1. The molecule has 0 radical (unpaired) electrons. The van der Waals surface area contributed by atoms with Crippen LogP contribution >= 0.6 is 0 Å². The fraction of sp³-hybridized carbons (Fsp3) is 0.350. The summed E-state index contributed by atoms with van der Waals surface area (Å²) >= 11 is 0. The van der Waals surface area contributed by atoms with Gasteiger partial charge < -0.3 is 15.7 Å². The van der Waals surface area contributed by atoms with Gasteiger partial charge in [-0.05, 0) is 37.0 Å². The zero-order chi connectivity index (χ0) is 17.7. The Morgan fingerprint density at radius 1 is 1.16 bits per heavy atom. The summed E-state index contributed by atoms with van der Waals surface area (Å²) in [6, 6.07) is 14.6. The van der Waals surface area contributed by atoms with Crippen LogP contribution in [0.3, 0.4) is 0 Å². The molecule has 0 fully saturated rings. The summed E-state index contributed by atoms with van der Waals surface area (Å²) in [7, 11) is 0. The molecule has 1 atom stereocenters. The van der Waals surface area contributed by atoms with Crippen molar-refractivity contribution in [2.45, 2.75) is 31.9 Å². The van der Waals surface area contributed by atoms with Crippen molar-refractivity contribution < 1.29 is 9.50 Å². The van der Waals surface area contributed by atoms with Crippen LogP contribution in [-0.4, -0.2) is 24.2 Å². The highest BCUT2D eigenvalue weighted by Gasteiger charge is 2.36. The molecule has 5 heteroatoms. The van der Waals surface area contributed by atoms with Gasteiger partial charge in [0.1, 0.15) is 11.4 Å². The third-order valence-corrected chi connectivity index (χ3v) is 4.58. The molecular weight excluding hydrogens is 317 g/mol. The average molecular weight is 341 g/mol. The van der Waals surface area contributed by atoms with Gasteiger partial charge in [0.2, 0.25) is 0 Å². The SMILES string of the molecule is CCNC(=NCc1ccccc1F)NCC1(O)CCc2ccccc21. The van der Waals surface area contributed by atoms with E-state index in [2.05, 4.69) is 21.7 Å². The first-order valence-corrected chi connectivity index (χ1v) is 8.69. The predicted molar refractivity (Wildman–Crippen MR) is 97.9 cm³/mol. The van der Waals surface area contributed by atoms with Crippen LogP contribution in [0, 0.1) is 5.82 Å². The van der Waals surface area contributed by atoms with Crippen LogP contribution in [0.5, 0.6) is 0 Å². The van der Waals surface area contributed by atoms with Crippen LogP contribution in [0.25, 0.3) is 0 Å². The van der Waals surface area contributed by atoms with Crippen LogP contribution in [0.2, 0.25) is 0 Å². The Labute approximate surface area is 147 Å². The summed E-state index contributed by atoms with van der Waals surface area (Å²) in [5.74, 6) is 0.314. The Hall–Kier alpha value is -2.40. The Balaban J connectivity index is 1.68. The number of benzene rings is 2. The molecule has 0 saturated carbocycles. The molecule has 1 aliphatic carbocycles. The van der Waals surface area contributed by atoms with Crippen molar-refractivity contribution >= 4 is 5.96 Å². The second-order valence-corrected chi connectivity index (χ2v) is 6.33. The van der Waals surface area contributed by atoms with Crippen LogP contribution in [0.15, 0.2) is 53.5 Å². The molecule has 2 aromatic carbocycles. The molecule has 2 aromatic rings. The number of nitrogens with one attached hydrogen (secondary N) is 2. The van der Waals surface area contributed by atoms with E-state index in [0.717, 1.165) is 12.0 Å². The lowest BCUT2D eigenvalue weighted by atomic mass is 9.96. The van der Waals surface area contributed by atoms with Crippen molar-refractivity contribution in [2.24, 2.45) is 4.99 Å². The molecule has 132 valence electrons. The highest BCUT2D eigenvalue weighted by Crippen LogP contribution is 2.36. The summed E-state index contributed by atoms with van der Waals surface area (Å²) < 4.78 is 13.7. The van der Waals surface area contributed by atoms with Crippen molar-refractivity contribution in [2.75, 3.05) is 13.1 Å². The van der Waals surface area contributed by atoms with Gasteiger partial charge in [0, 0.05) is 12.1 Å². The number of hydrogen-bond acceptors (Lipinski definition) is 2. The Morgan fingerprint density at radius 3 is 2.72 bits per heavy atom. The maximum absolute atomic E-state index is 13.7. The summed E-state index contributed by atoms with van der Waals surface area (Å²) in [6.45, 7) is 3.28. The number of nitrogens with zero attached hydrogens (tertiary/aromatic N) is 1. The van der Waals surface area contributed by atoms with E-state index in [-0.39, 0.29) is 12.4 Å². The smallest absolute Gasteiger partial charge is 0.191 e. The first kappa shape index (κ1) is 17.4. The molecule has 0 aliphatic heterocycles. The first-order chi connectivity index (χ1) is 12.1. The van der Waals surface area contributed by atoms with E-state index in [1.807, 2.05) is 25.1 Å². The van der Waals surface area contributed by atoms with Crippen LogP contribution in [0.4, 0.5) is 4.39 Å². The summed E-state index contributed by atoms with van der Waals surface area (Å²) in [5, 5.41) is 17.3. The molecule has 0 bridgehead atoms. The van der Waals surface area contributed by atoms with Crippen molar-refractivity contribution in [3.63, 3.8) is 0 Å². The molecule has 0 aromatic heterocycles. The van der Waals surface area contributed by atoms with Crippen molar-refractivity contribution in [3.05, 3.63) is 71.0 Å². The van der Waals surface area contributed by atoms with Gasteiger partial charge in [-0.15, -0.1) is 0 Å². The van der Waals surface area contributed by atoms with Crippen LogP contribution in [0.1, 0.15) is 30.0 Å². The van der Waals surface area contributed by atoms with Gasteiger partial charge in [-0.3, -0.25) is 0 Å². The van der Waals surface area contributed by atoms with E-state index in [4.69, 9.17) is 0 Å². The monoisotopic (exact) mass is 341 g/mol. The van der Waals surface area contributed by atoms with Gasteiger partial charge in [-0.2, -0.15) is 0 Å². The maximum Gasteiger partial charge on any atom is 0.191 e. The van der Waals surface area contributed by atoms with E-state index < -0.39 is 5.60 Å². The van der Waals surface area contributed by atoms with Gasteiger partial charge in [0.25, 0.3) is 0 Å². The zero-order valence-electron chi connectivity index (χ0n) is 14.4. The Morgan fingerprint density at radius 2 is 1.92 bits per heavy atom. The van der Waals surface area contributed by atoms with Crippen molar-refractivity contribution in [1.82, 2.24) is 10.6 Å². The number of aliphatic imine (C=N–C) groups is 1. The molecule has 1 aliphatic rings. The summed E-state index contributed by atoms with van der Waals surface area (Å²) in [6.07, 6.45) is 1.56. The van der Waals surface area contributed by atoms with E-state index in [0.29, 0.717) is 31.0 Å². The molecule has 0 amide bonds. The predicted octanol–water partition coefficient (Wildman–Crippen LogP) is 2.71. The third kappa shape index (κ3) is 3.99. The Kier molecular flexibility index (Phi) is 5.34. The van der Waals surface area contributed by atoms with Crippen molar-refractivity contribution in [1.29, 1.82) is 0 Å². The summed E-state index contributed by atoms with van der Waals surface area (Å²) in [4.78, 5) is 4.44. The quantitative estimate of drug-likeness (QED) is 0.579. The molecule has 0 heterocycles. The van der Waals surface area contributed by atoms with Gasteiger partial charge in [-0.25, -0.2) is 9.38 Å². The fourth-order valence-corrected chi connectivity index (χ4v) is 3.21. The molecule has 4 nitrogen and oxygen atoms in total. The summed E-state index contributed by atoms with van der Waals surface area (Å²) in [5.41, 5.74) is 1.82. The van der Waals surface area contributed by atoms with E-state index in [9.17, 15) is 9.50 Å². The Bertz CT molecular complexity index is 762. The number of halogens is 1. The molecule has 25 heavy (non-hydrogen) atoms. The molecule has 3 N–H and O–H groups in total. The van der Waals surface area contributed by atoms with Gasteiger partial charge >= 0.3 is 0 Å². The minimum absolute atomic E-state index is 0.247. The highest BCUT2D eigenvalue weighted by molar-refractivity contribution is 5.79. The fourth-order valence-electron chi connectivity index (χ4n) is 3.21. The molecule has 1 unspecified atom stereocenters. The van der Waals surface area contributed by atoms with Gasteiger partial charge in [-0.1, -0.05) is 42.5 Å². The first-order valence-electron chi connectivity index (χ1n) is 8.69. The third-order valence-electron chi connectivity index (χ3n) is 4.58. The lowest BCUT2D eigenvalue weighted by Gasteiger charge is -2.25. The standard InChI is InChI=1S/C20H24FN3O/c1-2-22-19(23-13-16-8-4-6-10-18(16)21)24-14-20(25)12-11-15-7-3-5-9-17(15)20/h3-10,25H,2,11-14H2,1H3,(H2,22,23,24). The number of fused-ring (bicyclic) bond motifs is 1. The van der Waals surface area contributed by atoms with Crippen molar-refractivity contribution in [3.8, 4) is 0 Å². The van der Waals surface area contributed by atoms with Crippen LogP contribution in [-0.2, 0) is 18.6 Å². The zero-order valence-corrected chi connectivity index (χ0v) is 14.4. The number of guanidine groups is 1. The second kappa shape index (κ2) is 7.66. The number of aliphatic hydroxyl groups is 1. The van der Waals surface area contributed by atoms with E-state index in [1.165, 1.54) is 11.6 Å². The lowest BCUT2D eigenvalue weighted by Crippen LogP contribution is -2.45. The van der Waals surface area contributed by atoms with Crippen LogP contribution < -0.4 is 10.6 Å². The van der Waals surface area contributed by atoms with E-state index >= 15 is 0 Å². The lowest BCUT2D eigenvalue weighted by molar-refractivity contribution is 0.0432. The molecule has 0 spiro atoms. The number of rotatable bonds is 5. The molecular formula is C20H24FN3O. The van der Waals surface area contributed by atoms with Gasteiger partial charge in [0.05, 0.1) is 13.1 Å². The minimum atomic E-state index is -0.898. The topological polar surface area (TPSA) is 56.7 Å². The second-order valence-electron chi connectivity index (χ2n) is 6.33. The average Bonchev–Trinajstić information content (AvgIpc) is 2.97. The van der Waals surface area contributed by atoms with Gasteiger partial charge in [0.15, 0.2) is 5.96 Å². The molecule has 3 rings (SSSR count). The maximum atomic E-state index is 13.7. The largest absolute Gasteiger partial charge is 0.383 e.